The van der Waals surface area contributed by atoms with Gasteiger partial charge in [0.15, 0.2) is 5.16 Å². The van der Waals surface area contributed by atoms with E-state index < -0.39 is 5.54 Å². The number of aromatic nitrogens is 2. The van der Waals surface area contributed by atoms with Gasteiger partial charge in [0, 0.05) is 12.3 Å². The molecule has 0 saturated carbocycles. The van der Waals surface area contributed by atoms with Gasteiger partial charge in [0.05, 0.1) is 15.4 Å². The van der Waals surface area contributed by atoms with E-state index in [4.69, 9.17) is 4.98 Å². The molecular formula is C18H18N4O2S3. The predicted octanol–water partition coefficient (Wildman–Crippen LogP) is 4.29. The van der Waals surface area contributed by atoms with Crippen LogP contribution in [0.5, 0.6) is 0 Å². The van der Waals surface area contributed by atoms with Crippen LogP contribution in [0.25, 0.3) is 21.1 Å². The minimum absolute atomic E-state index is 0.189. The zero-order valence-electron chi connectivity index (χ0n) is 14.8. The SMILES string of the molecule is CC1(C)NC(=O)N(CCSc2nc(-c3cccs3)c(-c3cccs3)[nH]2)C1=O. The molecule has 1 aliphatic heterocycles. The molecule has 0 spiro atoms. The molecule has 3 aromatic rings. The topological polar surface area (TPSA) is 78.1 Å². The van der Waals surface area contributed by atoms with E-state index in [2.05, 4.69) is 22.4 Å². The van der Waals surface area contributed by atoms with Crippen LogP contribution in [0.4, 0.5) is 4.79 Å². The number of H-pyrrole nitrogens is 1. The van der Waals surface area contributed by atoms with E-state index >= 15 is 0 Å². The lowest BCUT2D eigenvalue weighted by molar-refractivity contribution is -0.130. The van der Waals surface area contributed by atoms with Gasteiger partial charge >= 0.3 is 6.03 Å². The number of carbonyl (C=O) groups is 2. The van der Waals surface area contributed by atoms with Gasteiger partial charge in [-0.3, -0.25) is 9.69 Å². The summed E-state index contributed by atoms with van der Waals surface area (Å²) in [5.41, 5.74) is 1.11. The van der Waals surface area contributed by atoms with Gasteiger partial charge in [0.1, 0.15) is 11.2 Å². The molecule has 0 unspecified atom stereocenters. The number of imide groups is 1. The minimum atomic E-state index is -0.828. The summed E-state index contributed by atoms with van der Waals surface area (Å²) in [6, 6.07) is 7.83. The van der Waals surface area contributed by atoms with Crippen molar-refractivity contribution in [2.24, 2.45) is 0 Å². The lowest BCUT2D eigenvalue weighted by Gasteiger charge is -2.15. The van der Waals surface area contributed by atoms with Gasteiger partial charge in [-0.05, 0) is 36.7 Å². The fourth-order valence-corrected chi connectivity index (χ4v) is 5.11. The third-order valence-electron chi connectivity index (χ3n) is 4.20. The number of thioether (sulfide) groups is 1. The molecule has 0 atom stereocenters. The van der Waals surface area contributed by atoms with E-state index in [1.54, 1.807) is 36.5 Å². The molecule has 140 valence electrons. The average molecular weight is 419 g/mol. The number of urea groups is 1. The molecule has 6 nitrogen and oxygen atoms in total. The van der Waals surface area contributed by atoms with E-state index in [0.717, 1.165) is 26.3 Å². The molecule has 0 bridgehead atoms. The van der Waals surface area contributed by atoms with Crippen molar-refractivity contribution in [1.29, 1.82) is 0 Å². The van der Waals surface area contributed by atoms with Gasteiger partial charge in [0.25, 0.3) is 5.91 Å². The number of hydrogen-bond acceptors (Lipinski definition) is 6. The summed E-state index contributed by atoms with van der Waals surface area (Å²) in [4.78, 5) is 35.9. The second-order valence-electron chi connectivity index (χ2n) is 6.58. The Morgan fingerprint density at radius 2 is 1.85 bits per heavy atom. The predicted molar refractivity (Wildman–Crippen MR) is 110 cm³/mol. The largest absolute Gasteiger partial charge is 0.332 e. The Morgan fingerprint density at radius 3 is 2.44 bits per heavy atom. The van der Waals surface area contributed by atoms with Crippen molar-refractivity contribution in [3.63, 3.8) is 0 Å². The number of aromatic amines is 1. The molecule has 4 heterocycles. The molecule has 3 aromatic heterocycles. The lowest BCUT2D eigenvalue weighted by atomic mass is 10.1. The number of rotatable bonds is 6. The second-order valence-corrected chi connectivity index (χ2v) is 9.56. The van der Waals surface area contributed by atoms with Crippen molar-refractivity contribution in [3.8, 4) is 21.1 Å². The monoisotopic (exact) mass is 418 g/mol. The maximum absolute atomic E-state index is 12.3. The van der Waals surface area contributed by atoms with Crippen molar-refractivity contribution >= 4 is 46.4 Å². The normalized spacial score (nSPS) is 16.1. The molecule has 9 heteroatoms. The first kappa shape index (κ1) is 18.3. The maximum Gasteiger partial charge on any atom is 0.325 e. The summed E-state index contributed by atoms with van der Waals surface area (Å²) in [7, 11) is 0. The number of imidazole rings is 1. The number of carbonyl (C=O) groups excluding carboxylic acids is 2. The van der Waals surface area contributed by atoms with Crippen LogP contribution in [-0.4, -0.2) is 44.6 Å². The third kappa shape index (κ3) is 3.54. The van der Waals surface area contributed by atoms with Gasteiger partial charge in [-0.2, -0.15) is 0 Å². The van der Waals surface area contributed by atoms with E-state index in [9.17, 15) is 9.59 Å². The van der Waals surface area contributed by atoms with Gasteiger partial charge in [0.2, 0.25) is 0 Å². The Hall–Kier alpha value is -2.10. The smallest absolute Gasteiger partial charge is 0.325 e. The highest BCUT2D eigenvalue weighted by molar-refractivity contribution is 7.99. The van der Waals surface area contributed by atoms with E-state index in [1.165, 1.54) is 16.7 Å². The summed E-state index contributed by atoms with van der Waals surface area (Å²) >= 11 is 4.83. The van der Waals surface area contributed by atoms with Crippen LogP contribution >= 0.6 is 34.4 Å². The molecule has 4 rings (SSSR count). The molecule has 1 aliphatic rings. The first-order chi connectivity index (χ1) is 13.0. The standard InChI is InChI=1S/C18H18N4O2S3/c1-18(2)15(23)22(17(24)21-18)7-10-27-16-19-13(11-5-3-8-25-11)14(20-16)12-6-4-9-26-12/h3-6,8-9H,7,10H2,1-2H3,(H,19,20)(H,21,24). The first-order valence-electron chi connectivity index (χ1n) is 8.40. The molecule has 2 N–H and O–H groups in total. The highest BCUT2D eigenvalue weighted by atomic mass is 32.2. The molecule has 1 saturated heterocycles. The van der Waals surface area contributed by atoms with E-state index in [0.29, 0.717) is 12.3 Å². The van der Waals surface area contributed by atoms with Crippen LogP contribution in [0, 0.1) is 0 Å². The Bertz CT molecular complexity index is 909. The van der Waals surface area contributed by atoms with Crippen LogP contribution in [0.1, 0.15) is 13.8 Å². The Kier molecular flexibility index (Phi) is 4.83. The van der Waals surface area contributed by atoms with Gasteiger partial charge in [-0.1, -0.05) is 23.9 Å². The number of hydrogen-bond donors (Lipinski definition) is 2. The van der Waals surface area contributed by atoms with Crippen molar-refractivity contribution in [1.82, 2.24) is 20.2 Å². The zero-order valence-corrected chi connectivity index (χ0v) is 17.3. The van der Waals surface area contributed by atoms with Crippen molar-refractivity contribution < 1.29 is 9.59 Å². The molecule has 1 fully saturated rings. The summed E-state index contributed by atoms with van der Waals surface area (Å²) in [6.07, 6.45) is 0. The Balaban J connectivity index is 1.50. The number of thiophene rings is 2. The molecular weight excluding hydrogens is 400 g/mol. The van der Waals surface area contributed by atoms with Crippen LogP contribution in [0.3, 0.4) is 0 Å². The lowest BCUT2D eigenvalue weighted by Crippen LogP contribution is -2.40. The highest BCUT2D eigenvalue weighted by Gasteiger charge is 2.43. The summed E-state index contributed by atoms with van der Waals surface area (Å²) in [5.74, 6) is 0.391. The first-order valence-corrected chi connectivity index (χ1v) is 11.1. The zero-order chi connectivity index (χ0) is 19.0. The molecule has 0 radical (unpaired) electrons. The average Bonchev–Trinajstić information content (AvgIpc) is 3.39. The molecule has 27 heavy (non-hydrogen) atoms. The van der Waals surface area contributed by atoms with Gasteiger partial charge in [-0.25, -0.2) is 9.78 Å². The summed E-state index contributed by atoms with van der Waals surface area (Å²) in [6.45, 7) is 3.78. The van der Waals surface area contributed by atoms with Crippen LogP contribution in [-0.2, 0) is 4.79 Å². The summed E-state index contributed by atoms with van der Waals surface area (Å²) in [5, 5.41) is 7.56. The number of nitrogens with one attached hydrogen (secondary N) is 2. The fraction of sp³-hybridized carbons (Fsp3) is 0.278. The number of nitrogens with zero attached hydrogens (tertiary/aromatic N) is 2. The van der Waals surface area contributed by atoms with Crippen molar-refractivity contribution in [2.75, 3.05) is 12.3 Å². The van der Waals surface area contributed by atoms with Crippen LogP contribution in [0.15, 0.2) is 40.2 Å². The minimum Gasteiger partial charge on any atom is -0.332 e. The number of amides is 3. The van der Waals surface area contributed by atoms with Crippen molar-refractivity contribution in [2.45, 2.75) is 24.5 Å². The third-order valence-corrected chi connectivity index (χ3v) is 6.82. The Labute approximate surface area is 169 Å². The van der Waals surface area contributed by atoms with Crippen LogP contribution < -0.4 is 5.32 Å². The maximum atomic E-state index is 12.3. The molecule has 0 aliphatic carbocycles. The van der Waals surface area contributed by atoms with Gasteiger partial charge in [-0.15, -0.1) is 22.7 Å². The van der Waals surface area contributed by atoms with Crippen molar-refractivity contribution in [3.05, 3.63) is 35.0 Å². The highest BCUT2D eigenvalue weighted by Crippen LogP contribution is 2.36. The second kappa shape index (κ2) is 7.14. The molecule has 0 aromatic carbocycles. The summed E-state index contributed by atoms with van der Waals surface area (Å²) < 4.78 is 0. The quantitative estimate of drug-likeness (QED) is 0.462. The van der Waals surface area contributed by atoms with Crippen LogP contribution in [0.2, 0.25) is 0 Å². The Morgan fingerprint density at radius 1 is 1.15 bits per heavy atom. The van der Waals surface area contributed by atoms with E-state index in [1.807, 2.05) is 22.9 Å². The van der Waals surface area contributed by atoms with Gasteiger partial charge < -0.3 is 10.3 Å². The molecule has 3 amide bonds. The van der Waals surface area contributed by atoms with E-state index in [-0.39, 0.29) is 11.9 Å². The fourth-order valence-electron chi connectivity index (χ4n) is 2.87.